The van der Waals surface area contributed by atoms with Crippen LogP contribution in [0.5, 0.6) is 11.8 Å². The minimum absolute atomic E-state index is 0. The van der Waals surface area contributed by atoms with Crippen LogP contribution >= 0.6 is 0 Å². The Hall–Kier alpha value is -4.33. The van der Waals surface area contributed by atoms with Gasteiger partial charge in [0, 0.05) is 0 Å². The van der Waals surface area contributed by atoms with Gasteiger partial charge in [0.05, 0.1) is 0 Å². The summed E-state index contributed by atoms with van der Waals surface area (Å²) >= 11 is 0. The zero-order valence-corrected chi connectivity index (χ0v) is 22.6. The van der Waals surface area contributed by atoms with E-state index >= 15 is 0 Å². The van der Waals surface area contributed by atoms with E-state index in [2.05, 4.69) is 36.4 Å². The van der Waals surface area contributed by atoms with Crippen LogP contribution in [-0.2, 0) is 21.1 Å². The number of benzene rings is 4. The smallest absolute Gasteiger partial charge is 0.422 e. The monoisotopic (exact) mass is 669 g/mol. The molecule has 0 spiro atoms. The van der Waals surface area contributed by atoms with Gasteiger partial charge < -0.3 is 4.74 Å². The quantitative estimate of drug-likeness (QED) is 0.167. The molecule has 6 rings (SSSR count). The fourth-order valence-electron chi connectivity index (χ4n) is 4.30. The van der Waals surface area contributed by atoms with Crippen LogP contribution < -0.4 is 4.74 Å². The summed E-state index contributed by atoms with van der Waals surface area (Å²) in [5.74, 6) is 0.935. The molecule has 4 heteroatoms. The molecule has 38 heavy (non-hydrogen) atoms. The second-order valence-electron chi connectivity index (χ2n) is 8.48. The van der Waals surface area contributed by atoms with Crippen molar-refractivity contribution in [3.63, 3.8) is 0 Å². The average molecular weight is 670 g/mol. The zero-order valence-electron chi connectivity index (χ0n) is 20.3. The maximum Gasteiger partial charge on any atom is 2.00 e. The molecule has 0 fully saturated rings. The third kappa shape index (κ3) is 5.49. The number of nitrogens with zero attached hydrogens (tertiary/aromatic N) is 2. The van der Waals surface area contributed by atoms with E-state index in [-0.39, 0.29) is 21.1 Å². The number of hydrogen-bond acceptors (Lipinski definition) is 3. The standard InChI is InChI=1S/C34H22N2O.Pt/c1-5-13-25(14-6-1)29-21-23-31(35-33(29)27-17-9-3-10-18-27)37-32-24-22-30(26-15-7-2-8-16-26)34(36-32)28-19-11-4-12-20-28;/h1-17,19,21-24H;/q-2;+2. The van der Waals surface area contributed by atoms with Crippen molar-refractivity contribution >= 4 is 0 Å². The van der Waals surface area contributed by atoms with Gasteiger partial charge in [0.2, 0.25) is 11.8 Å². The van der Waals surface area contributed by atoms with Crippen molar-refractivity contribution in [1.29, 1.82) is 0 Å². The van der Waals surface area contributed by atoms with Gasteiger partial charge in [-0.15, -0.1) is 71.8 Å². The van der Waals surface area contributed by atoms with Crippen molar-refractivity contribution in [2.75, 3.05) is 0 Å². The summed E-state index contributed by atoms with van der Waals surface area (Å²) in [6.07, 6.45) is 0. The van der Waals surface area contributed by atoms with E-state index in [4.69, 9.17) is 14.7 Å². The first-order valence-electron chi connectivity index (χ1n) is 12.1. The van der Waals surface area contributed by atoms with Crippen molar-refractivity contribution in [3.05, 3.63) is 146 Å². The first-order valence-corrected chi connectivity index (χ1v) is 12.1. The molecule has 0 saturated carbocycles. The van der Waals surface area contributed by atoms with Gasteiger partial charge in [-0.25, -0.2) is 0 Å². The van der Waals surface area contributed by atoms with Gasteiger partial charge in [-0.1, -0.05) is 72.8 Å². The number of aromatic nitrogens is 2. The minimum Gasteiger partial charge on any atom is -0.422 e. The Labute approximate surface area is 237 Å². The van der Waals surface area contributed by atoms with Gasteiger partial charge in [-0.3, -0.25) is 9.97 Å². The normalized spacial score (nSPS) is 10.4. The predicted molar refractivity (Wildman–Crippen MR) is 148 cm³/mol. The molecule has 0 N–H and O–H groups in total. The van der Waals surface area contributed by atoms with Gasteiger partial charge in [0.1, 0.15) is 0 Å². The molecule has 6 aromatic rings. The molecule has 0 bridgehead atoms. The summed E-state index contributed by atoms with van der Waals surface area (Å²) in [5, 5.41) is 0. The van der Waals surface area contributed by atoms with Crippen molar-refractivity contribution in [3.8, 4) is 56.5 Å². The summed E-state index contributed by atoms with van der Waals surface area (Å²) in [5.41, 5.74) is 7.62. The predicted octanol–water partition coefficient (Wildman–Crippen LogP) is 8.53. The van der Waals surface area contributed by atoms with Gasteiger partial charge >= 0.3 is 21.1 Å². The second-order valence-corrected chi connectivity index (χ2v) is 8.48. The van der Waals surface area contributed by atoms with E-state index in [1.54, 1.807) is 0 Å². The third-order valence-electron chi connectivity index (χ3n) is 6.05. The molecule has 0 aliphatic rings. The van der Waals surface area contributed by atoms with Crippen LogP contribution in [-0.4, -0.2) is 9.97 Å². The molecule has 0 atom stereocenters. The molecule has 3 nitrogen and oxygen atoms in total. The molecule has 2 aromatic heterocycles. The average Bonchev–Trinajstić information content (AvgIpc) is 2.99. The molecule has 2 heterocycles. The van der Waals surface area contributed by atoms with Crippen LogP contribution in [0.25, 0.3) is 44.8 Å². The summed E-state index contributed by atoms with van der Waals surface area (Å²) in [7, 11) is 0. The fourth-order valence-corrected chi connectivity index (χ4v) is 4.30. The molecule has 0 unspecified atom stereocenters. The number of hydrogen-bond donors (Lipinski definition) is 0. The molecular formula is C34H22N2OPt. The molecule has 4 aromatic carbocycles. The maximum absolute atomic E-state index is 6.23. The van der Waals surface area contributed by atoms with Crippen LogP contribution in [0.1, 0.15) is 0 Å². The Morgan fingerprint density at radius 3 is 1.26 bits per heavy atom. The van der Waals surface area contributed by atoms with E-state index in [9.17, 15) is 0 Å². The van der Waals surface area contributed by atoms with E-state index < -0.39 is 0 Å². The van der Waals surface area contributed by atoms with Crippen LogP contribution in [0.3, 0.4) is 0 Å². The van der Waals surface area contributed by atoms with Crippen LogP contribution in [0.2, 0.25) is 0 Å². The first-order chi connectivity index (χ1) is 18.3. The van der Waals surface area contributed by atoms with Gasteiger partial charge in [-0.05, 0) is 45.8 Å². The third-order valence-corrected chi connectivity index (χ3v) is 6.05. The summed E-state index contributed by atoms with van der Waals surface area (Å²) in [6.45, 7) is 0. The largest absolute Gasteiger partial charge is 2.00 e. The summed E-state index contributed by atoms with van der Waals surface area (Å²) < 4.78 is 6.23. The van der Waals surface area contributed by atoms with Crippen LogP contribution in [0, 0.1) is 12.1 Å². The van der Waals surface area contributed by atoms with Gasteiger partial charge in [0.25, 0.3) is 0 Å². The van der Waals surface area contributed by atoms with Crippen molar-refractivity contribution in [1.82, 2.24) is 9.97 Å². The Morgan fingerprint density at radius 1 is 0.447 bits per heavy atom. The Balaban J connectivity index is 0.00000294. The molecule has 184 valence electrons. The molecule has 0 aliphatic heterocycles. The van der Waals surface area contributed by atoms with E-state index in [0.29, 0.717) is 11.8 Å². The summed E-state index contributed by atoms with van der Waals surface area (Å²) in [4.78, 5) is 9.79. The Kier molecular flexibility index (Phi) is 7.87. The number of rotatable bonds is 6. The molecular weight excluding hydrogens is 647 g/mol. The Bertz CT molecular complexity index is 1500. The molecule has 0 radical (unpaired) electrons. The second kappa shape index (κ2) is 11.8. The van der Waals surface area contributed by atoms with Crippen molar-refractivity contribution in [2.45, 2.75) is 0 Å². The van der Waals surface area contributed by atoms with Crippen molar-refractivity contribution in [2.24, 2.45) is 0 Å². The number of ether oxygens (including phenoxy) is 1. The van der Waals surface area contributed by atoms with Crippen LogP contribution in [0.4, 0.5) is 0 Å². The van der Waals surface area contributed by atoms with E-state index in [0.717, 1.165) is 44.8 Å². The van der Waals surface area contributed by atoms with E-state index in [1.165, 1.54) is 0 Å². The van der Waals surface area contributed by atoms with Gasteiger partial charge in [0.15, 0.2) is 0 Å². The molecule has 0 saturated heterocycles. The fraction of sp³-hybridized carbons (Fsp3) is 0. The SMILES string of the molecule is [Pt+2].[c-]1ccccc1-c1nc(Oc2ccc(-c3ccccc3)c(-c3[c-]cccc3)n2)ccc1-c1ccccc1. The zero-order chi connectivity index (χ0) is 24.9. The molecule has 0 aliphatic carbocycles. The topological polar surface area (TPSA) is 35.0 Å². The first kappa shape index (κ1) is 25.3. The van der Waals surface area contributed by atoms with E-state index in [1.807, 2.05) is 109 Å². The number of pyridine rings is 2. The molecule has 0 amide bonds. The van der Waals surface area contributed by atoms with Gasteiger partial charge in [-0.2, -0.15) is 0 Å². The maximum atomic E-state index is 6.23. The Morgan fingerprint density at radius 2 is 0.868 bits per heavy atom. The van der Waals surface area contributed by atoms with Crippen molar-refractivity contribution < 1.29 is 25.8 Å². The minimum atomic E-state index is 0. The van der Waals surface area contributed by atoms with Crippen LogP contribution in [0.15, 0.2) is 133 Å². The summed E-state index contributed by atoms with van der Waals surface area (Å²) in [6, 6.07) is 50.6.